The Morgan fingerprint density at radius 2 is 2.00 bits per heavy atom. The van der Waals surface area contributed by atoms with Crippen molar-refractivity contribution in [3.05, 3.63) is 12.4 Å². The first kappa shape index (κ1) is 18.1. The number of likely N-dealkylation sites (N-methyl/N-ethyl adjacent to an activating group) is 1. The Balaban J connectivity index is 2.73. The first-order valence-electron chi connectivity index (χ1n) is 6.54. The number of hydrogen-bond acceptors (Lipinski definition) is 6. The fourth-order valence-electron chi connectivity index (χ4n) is 1.56. The Labute approximate surface area is 126 Å². The average Bonchev–Trinajstić information content (AvgIpc) is 2.84. The molecule has 1 rings (SSSR count). The first-order chi connectivity index (χ1) is 9.66. The van der Waals surface area contributed by atoms with Crippen molar-refractivity contribution in [3.63, 3.8) is 0 Å². The second-order valence-corrected chi connectivity index (χ2v) is 9.05. The van der Waals surface area contributed by atoms with E-state index < -0.39 is 19.9 Å². The van der Waals surface area contributed by atoms with Gasteiger partial charge in [-0.05, 0) is 6.54 Å². The minimum Gasteiger partial charge on any atom is -0.315 e. The Bertz CT molecular complexity index is 652. The van der Waals surface area contributed by atoms with E-state index in [1.54, 1.807) is 4.68 Å². The van der Waals surface area contributed by atoms with Gasteiger partial charge in [0.2, 0.25) is 10.0 Å². The van der Waals surface area contributed by atoms with Crippen LogP contribution >= 0.6 is 0 Å². The third kappa shape index (κ3) is 5.73. The minimum atomic E-state index is -3.71. The molecule has 10 heteroatoms. The number of sulfonamides is 1. The van der Waals surface area contributed by atoms with Crippen molar-refractivity contribution in [2.75, 3.05) is 38.7 Å². The van der Waals surface area contributed by atoms with Gasteiger partial charge in [0, 0.05) is 32.6 Å². The molecule has 21 heavy (non-hydrogen) atoms. The Hall–Kier alpha value is -0.970. The van der Waals surface area contributed by atoms with Gasteiger partial charge < -0.3 is 5.32 Å². The summed E-state index contributed by atoms with van der Waals surface area (Å²) in [6.07, 6.45) is 3.80. The highest BCUT2D eigenvalue weighted by molar-refractivity contribution is 7.91. The van der Waals surface area contributed by atoms with Crippen LogP contribution in [0.5, 0.6) is 0 Å². The summed E-state index contributed by atoms with van der Waals surface area (Å²) in [6.45, 7) is 4.00. The van der Waals surface area contributed by atoms with Crippen LogP contribution in [0.1, 0.15) is 6.92 Å². The van der Waals surface area contributed by atoms with E-state index in [-0.39, 0.29) is 17.2 Å². The van der Waals surface area contributed by atoms with Gasteiger partial charge in [-0.15, -0.1) is 0 Å². The van der Waals surface area contributed by atoms with Crippen LogP contribution in [0.15, 0.2) is 17.3 Å². The molecule has 1 heterocycles. The molecule has 0 aliphatic rings. The maximum atomic E-state index is 12.3. The number of rotatable bonds is 9. The van der Waals surface area contributed by atoms with Gasteiger partial charge in [0.15, 0.2) is 0 Å². The summed E-state index contributed by atoms with van der Waals surface area (Å²) in [5, 5.41) is 7.12. The van der Waals surface area contributed by atoms with Crippen LogP contribution in [0, 0.1) is 0 Å². The molecule has 0 saturated heterocycles. The Morgan fingerprint density at radius 1 is 1.33 bits per heavy atom. The average molecular weight is 338 g/mol. The zero-order valence-corrected chi connectivity index (χ0v) is 14.1. The second kappa shape index (κ2) is 7.34. The van der Waals surface area contributed by atoms with Crippen molar-refractivity contribution in [2.45, 2.75) is 18.4 Å². The fraction of sp³-hybridized carbons (Fsp3) is 0.727. The van der Waals surface area contributed by atoms with Crippen LogP contribution in [0.4, 0.5) is 0 Å². The molecule has 0 atom stereocenters. The molecule has 0 fully saturated rings. The Morgan fingerprint density at radius 3 is 2.57 bits per heavy atom. The predicted octanol–water partition coefficient (Wildman–Crippen LogP) is -0.842. The molecular formula is C11H22N4O4S2. The van der Waals surface area contributed by atoms with E-state index in [4.69, 9.17) is 0 Å². The second-order valence-electron chi connectivity index (χ2n) is 4.75. The summed E-state index contributed by atoms with van der Waals surface area (Å²) in [6, 6.07) is 0. The molecule has 0 aliphatic heterocycles. The first-order valence-corrected chi connectivity index (χ1v) is 10.0. The van der Waals surface area contributed by atoms with Crippen molar-refractivity contribution < 1.29 is 16.8 Å². The highest BCUT2D eigenvalue weighted by Crippen LogP contribution is 2.13. The molecule has 0 unspecified atom stereocenters. The summed E-state index contributed by atoms with van der Waals surface area (Å²) in [7, 11) is -5.55. The van der Waals surface area contributed by atoms with Crippen LogP contribution in [-0.2, 0) is 26.4 Å². The number of nitrogens with zero attached hydrogens (tertiary/aromatic N) is 3. The van der Waals surface area contributed by atoms with Crippen LogP contribution in [-0.4, -0.2) is 69.6 Å². The van der Waals surface area contributed by atoms with Crippen molar-refractivity contribution >= 4 is 19.9 Å². The smallest absolute Gasteiger partial charge is 0.245 e. The van der Waals surface area contributed by atoms with Gasteiger partial charge in [-0.3, -0.25) is 4.68 Å². The standard InChI is InChI=1S/C11H22N4O4S2/c1-4-12-5-6-15-10-11(9-13-15)21(18,19)14(2)7-8-20(3,16)17/h9-10,12H,4-8H2,1-3H3. The zero-order chi connectivity index (χ0) is 16.1. The quantitative estimate of drug-likeness (QED) is 0.589. The summed E-state index contributed by atoms with van der Waals surface area (Å²) in [5.41, 5.74) is 0. The van der Waals surface area contributed by atoms with E-state index in [1.165, 1.54) is 19.4 Å². The maximum absolute atomic E-state index is 12.3. The molecule has 0 amide bonds. The molecule has 0 aliphatic carbocycles. The third-order valence-corrected chi connectivity index (χ3v) is 5.60. The van der Waals surface area contributed by atoms with Crippen LogP contribution in [0.25, 0.3) is 0 Å². The monoisotopic (exact) mass is 338 g/mol. The molecule has 0 saturated carbocycles. The molecule has 8 nitrogen and oxygen atoms in total. The molecule has 1 N–H and O–H groups in total. The van der Waals surface area contributed by atoms with Gasteiger partial charge in [-0.1, -0.05) is 6.92 Å². The molecule has 1 aromatic rings. The van der Waals surface area contributed by atoms with E-state index >= 15 is 0 Å². The molecule has 0 aromatic carbocycles. The van der Waals surface area contributed by atoms with Crippen molar-refractivity contribution in [3.8, 4) is 0 Å². The van der Waals surface area contributed by atoms with E-state index in [2.05, 4.69) is 10.4 Å². The molecule has 122 valence electrons. The summed E-state index contributed by atoms with van der Waals surface area (Å²) in [5.74, 6) is -0.211. The highest BCUT2D eigenvalue weighted by Gasteiger charge is 2.23. The number of aromatic nitrogens is 2. The van der Waals surface area contributed by atoms with Crippen molar-refractivity contribution in [2.24, 2.45) is 0 Å². The number of nitrogens with one attached hydrogen (secondary N) is 1. The maximum Gasteiger partial charge on any atom is 0.245 e. The van der Waals surface area contributed by atoms with Gasteiger partial charge in [0.05, 0.1) is 18.5 Å². The van der Waals surface area contributed by atoms with Gasteiger partial charge >= 0.3 is 0 Å². The summed E-state index contributed by atoms with van der Waals surface area (Å²) < 4.78 is 49.3. The lowest BCUT2D eigenvalue weighted by Crippen LogP contribution is -2.31. The van der Waals surface area contributed by atoms with E-state index in [9.17, 15) is 16.8 Å². The number of sulfone groups is 1. The summed E-state index contributed by atoms with van der Waals surface area (Å²) in [4.78, 5) is 0.0648. The topological polar surface area (TPSA) is 101 Å². The van der Waals surface area contributed by atoms with Gasteiger partial charge in [0.1, 0.15) is 14.7 Å². The largest absolute Gasteiger partial charge is 0.315 e. The molecule has 0 bridgehead atoms. The van der Waals surface area contributed by atoms with Crippen LogP contribution < -0.4 is 5.32 Å². The normalized spacial score (nSPS) is 13.0. The van der Waals surface area contributed by atoms with E-state index in [0.717, 1.165) is 17.1 Å². The highest BCUT2D eigenvalue weighted by atomic mass is 32.2. The fourth-order valence-corrected chi connectivity index (χ4v) is 3.41. The molecule has 1 aromatic heterocycles. The van der Waals surface area contributed by atoms with Crippen LogP contribution in [0.3, 0.4) is 0 Å². The lowest BCUT2D eigenvalue weighted by atomic mass is 10.6. The van der Waals surface area contributed by atoms with Gasteiger partial charge in [0.25, 0.3) is 0 Å². The number of hydrogen-bond donors (Lipinski definition) is 1. The SMILES string of the molecule is CCNCCn1cc(S(=O)(=O)N(C)CCS(C)(=O)=O)cn1. The van der Waals surface area contributed by atoms with E-state index in [0.29, 0.717) is 13.1 Å². The van der Waals surface area contributed by atoms with Gasteiger partial charge in [-0.2, -0.15) is 9.40 Å². The van der Waals surface area contributed by atoms with E-state index in [1.807, 2.05) is 6.92 Å². The molecule has 0 radical (unpaired) electrons. The Kier molecular flexibility index (Phi) is 6.32. The minimum absolute atomic E-state index is 0.0648. The van der Waals surface area contributed by atoms with Crippen molar-refractivity contribution in [1.29, 1.82) is 0 Å². The zero-order valence-electron chi connectivity index (χ0n) is 12.5. The summed E-state index contributed by atoms with van der Waals surface area (Å²) >= 11 is 0. The lowest BCUT2D eigenvalue weighted by molar-refractivity contribution is 0.484. The van der Waals surface area contributed by atoms with Crippen molar-refractivity contribution in [1.82, 2.24) is 19.4 Å². The lowest BCUT2D eigenvalue weighted by Gasteiger charge is -2.15. The predicted molar refractivity (Wildman–Crippen MR) is 80.3 cm³/mol. The third-order valence-electron chi connectivity index (χ3n) is 2.86. The molecular weight excluding hydrogens is 316 g/mol. The van der Waals surface area contributed by atoms with Gasteiger partial charge in [-0.25, -0.2) is 16.8 Å². The molecule has 0 spiro atoms. The van der Waals surface area contributed by atoms with Crippen LogP contribution in [0.2, 0.25) is 0 Å².